The minimum Gasteiger partial charge on any atom is -0.381 e. The number of aliphatic imine (C=N–C) groups is 1. The maximum Gasteiger partial charge on any atom is 0.193 e. The smallest absolute Gasteiger partial charge is 0.193 e. The highest BCUT2D eigenvalue weighted by Gasteiger charge is 2.41. The van der Waals surface area contributed by atoms with Gasteiger partial charge in [-0.15, -0.1) is 0 Å². The molecule has 0 amide bonds. The second-order valence-electron chi connectivity index (χ2n) is 7.53. The number of ether oxygens (including phenoxy) is 1. The largest absolute Gasteiger partial charge is 0.381 e. The first-order valence-corrected chi connectivity index (χ1v) is 9.27. The van der Waals surface area contributed by atoms with Crippen LogP contribution < -0.4 is 5.32 Å². The normalized spacial score (nSPS) is 23.9. The van der Waals surface area contributed by atoms with Crippen LogP contribution >= 0.6 is 0 Å². The van der Waals surface area contributed by atoms with E-state index in [1.807, 2.05) is 7.05 Å². The summed E-state index contributed by atoms with van der Waals surface area (Å²) in [5.74, 6) is 4.83. The van der Waals surface area contributed by atoms with Crippen molar-refractivity contribution in [3.63, 3.8) is 0 Å². The van der Waals surface area contributed by atoms with Gasteiger partial charge in [-0.3, -0.25) is 4.99 Å². The van der Waals surface area contributed by atoms with Gasteiger partial charge in [-0.1, -0.05) is 0 Å². The van der Waals surface area contributed by atoms with Crippen molar-refractivity contribution in [3.05, 3.63) is 0 Å². The van der Waals surface area contributed by atoms with Gasteiger partial charge in [0.15, 0.2) is 5.96 Å². The van der Waals surface area contributed by atoms with Crippen LogP contribution in [0.4, 0.5) is 0 Å². The van der Waals surface area contributed by atoms with Gasteiger partial charge in [-0.2, -0.15) is 0 Å². The van der Waals surface area contributed by atoms with Gasteiger partial charge in [-0.25, -0.2) is 0 Å². The third-order valence-corrected chi connectivity index (χ3v) is 5.74. The van der Waals surface area contributed by atoms with E-state index in [1.54, 1.807) is 0 Å². The second kappa shape index (κ2) is 7.67. The van der Waals surface area contributed by atoms with Crippen LogP contribution in [0.25, 0.3) is 0 Å². The molecule has 1 N–H and O–H groups in total. The molecule has 0 aromatic heterocycles. The average Bonchev–Trinajstić information content (AvgIpc) is 3.44. The molecular weight excluding hydrogens is 274 g/mol. The van der Waals surface area contributed by atoms with Gasteiger partial charge < -0.3 is 15.0 Å². The molecule has 4 heteroatoms. The van der Waals surface area contributed by atoms with Crippen molar-refractivity contribution in [1.82, 2.24) is 10.2 Å². The van der Waals surface area contributed by atoms with Crippen LogP contribution in [0.3, 0.4) is 0 Å². The second-order valence-corrected chi connectivity index (χ2v) is 7.53. The van der Waals surface area contributed by atoms with Gasteiger partial charge in [-0.05, 0) is 68.6 Å². The van der Waals surface area contributed by atoms with Crippen molar-refractivity contribution in [2.75, 3.05) is 40.4 Å². The zero-order chi connectivity index (χ0) is 15.4. The molecule has 0 bridgehead atoms. The van der Waals surface area contributed by atoms with E-state index in [0.29, 0.717) is 0 Å². The molecule has 1 heterocycles. The van der Waals surface area contributed by atoms with Crippen molar-refractivity contribution in [1.29, 1.82) is 0 Å². The van der Waals surface area contributed by atoms with Crippen LogP contribution in [-0.2, 0) is 4.74 Å². The van der Waals surface area contributed by atoms with Gasteiger partial charge in [0.2, 0.25) is 0 Å². The Kier molecular flexibility index (Phi) is 5.61. The molecule has 0 unspecified atom stereocenters. The summed E-state index contributed by atoms with van der Waals surface area (Å²) < 4.78 is 5.45. The quantitative estimate of drug-likeness (QED) is 0.580. The Morgan fingerprint density at radius 1 is 1.14 bits per heavy atom. The molecule has 0 spiro atoms. The Hall–Kier alpha value is -0.770. The molecule has 22 heavy (non-hydrogen) atoms. The predicted octanol–water partition coefficient (Wildman–Crippen LogP) is 2.75. The Balaban J connectivity index is 1.39. The standard InChI is InChI=1S/C18H33N3O/c1-19-18(20-13-17(15-3-4-15)16-5-6-16)21(2)10-7-14-8-11-22-12-9-14/h14-17H,3-13H2,1-2H3,(H,19,20). The fraction of sp³-hybridized carbons (Fsp3) is 0.944. The Labute approximate surface area is 135 Å². The van der Waals surface area contributed by atoms with E-state index in [9.17, 15) is 0 Å². The van der Waals surface area contributed by atoms with Gasteiger partial charge in [0.25, 0.3) is 0 Å². The Morgan fingerprint density at radius 2 is 1.77 bits per heavy atom. The molecule has 0 aromatic carbocycles. The average molecular weight is 307 g/mol. The lowest BCUT2D eigenvalue weighted by atomic mass is 9.96. The molecule has 0 aromatic rings. The maximum absolute atomic E-state index is 5.45. The lowest BCUT2D eigenvalue weighted by molar-refractivity contribution is 0.0625. The van der Waals surface area contributed by atoms with Crippen LogP contribution in [0.1, 0.15) is 44.9 Å². The van der Waals surface area contributed by atoms with E-state index in [4.69, 9.17) is 4.74 Å². The Bertz CT molecular complexity index is 359. The number of guanidine groups is 1. The topological polar surface area (TPSA) is 36.9 Å². The summed E-state index contributed by atoms with van der Waals surface area (Å²) in [4.78, 5) is 6.80. The molecule has 1 saturated heterocycles. The van der Waals surface area contributed by atoms with Gasteiger partial charge >= 0.3 is 0 Å². The zero-order valence-electron chi connectivity index (χ0n) is 14.4. The highest BCUT2D eigenvalue weighted by molar-refractivity contribution is 5.79. The third-order valence-electron chi connectivity index (χ3n) is 5.74. The molecule has 3 rings (SSSR count). The SMILES string of the molecule is CN=C(NCC(C1CC1)C1CC1)N(C)CCC1CCOCC1. The number of hydrogen-bond donors (Lipinski definition) is 1. The highest BCUT2D eigenvalue weighted by Crippen LogP contribution is 2.48. The van der Waals surface area contributed by atoms with Crippen molar-refractivity contribution in [2.24, 2.45) is 28.7 Å². The molecule has 1 aliphatic heterocycles. The Morgan fingerprint density at radius 3 is 2.32 bits per heavy atom. The number of nitrogens with zero attached hydrogens (tertiary/aromatic N) is 2. The molecule has 2 saturated carbocycles. The van der Waals surface area contributed by atoms with E-state index in [1.165, 1.54) is 44.9 Å². The number of rotatable bonds is 7. The molecule has 4 nitrogen and oxygen atoms in total. The fourth-order valence-electron chi connectivity index (χ4n) is 3.88. The molecule has 0 atom stereocenters. The number of hydrogen-bond acceptors (Lipinski definition) is 2. The summed E-state index contributed by atoms with van der Waals surface area (Å²) in [7, 11) is 4.09. The van der Waals surface area contributed by atoms with Crippen LogP contribution in [0.2, 0.25) is 0 Å². The van der Waals surface area contributed by atoms with E-state index in [2.05, 4.69) is 22.3 Å². The lowest BCUT2D eigenvalue weighted by Gasteiger charge is -2.28. The summed E-state index contributed by atoms with van der Waals surface area (Å²) >= 11 is 0. The first-order valence-electron chi connectivity index (χ1n) is 9.27. The molecule has 0 radical (unpaired) electrons. The van der Waals surface area contributed by atoms with E-state index in [-0.39, 0.29) is 0 Å². The van der Waals surface area contributed by atoms with Gasteiger partial charge in [0.05, 0.1) is 0 Å². The predicted molar refractivity (Wildman–Crippen MR) is 91.1 cm³/mol. The van der Waals surface area contributed by atoms with Gasteiger partial charge in [0, 0.05) is 40.4 Å². The minimum atomic E-state index is 0.833. The first-order chi connectivity index (χ1) is 10.8. The molecule has 2 aliphatic carbocycles. The van der Waals surface area contributed by atoms with Crippen molar-refractivity contribution >= 4 is 5.96 Å². The molecule has 3 aliphatic rings. The van der Waals surface area contributed by atoms with Crippen LogP contribution in [-0.4, -0.2) is 51.3 Å². The van der Waals surface area contributed by atoms with Crippen LogP contribution in [0, 0.1) is 23.7 Å². The maximum atomic E-state index is 5.45. The highest BCUT2D eigenvalue weighted by atomic mass is 16.5. The number of nitrogens with one attached hydrogen (secondary N) is 1. The summed E-state index contributed by atoms with van der Waals surface area (Å²) in [6, 6.07) is 0. The van der Waals surface area contributed by atoms with Crippen molar-refractivity contribution in [2.45, 2.75) is 44.9 Å². The third kappa shape index (κ3) is 4.61. The van der Waals surface area contributed by atoms with Crippen LogP contribution in [0.15, 0.2) is 4.99 Å². The van der Waals surface area contributed by atoms with E-state index >= 15 is 0 Å². The van der Waals surface area contributed by atoms with E-state index < -0.39 is 0 Å². The minimum absolute atomic E-state index is 0.833. The van der Waals surface area contributed by atoms with Gasteiger partial charge in [0.1, 0.15) is 0 Å². The zero-order valence-corrected chi connectivity index (χ0v) is 14.4. The summed E-state index contributed by atoms with van der Waals surface area (Å²) in [6.07, 6.45) is 9.55. The van der Waals surface area contributed by atoms with Crippen LogP contribution in [0.5, 0.6) is 0 Å². The monoisotopic (exact) mass is 307 g/mol. The van der Waals surface area contributed by atoms with E-state index in [0.717, 1.165) is 55.9 Å². The first kappa shape index (κ1) is 16.1. The fourth-order valence-corrected chi connectivity index (χ4v) is 3.88. The summed E-state index contributed by atoms with van der Waals surface area (Å²) in [5.41, 5.74) is 0. The van der Waals surface area contributed by atoms with Crippen molar-refractivity contribution < 1.29 is 4.74 Å². The molecule has 126 valence electrons. The molecule has 3 fully saturated rings. The lowest BCUT2D eigenvalue weighted by Crippen LogP contribution is -2.42. The summed E-state index contributed by atoms with van der Waals surface area (Å²) in [6.45, 7) is 4.13. The summed E-state index contributed by atoms with van der Waals surface area (Å²) in [5, 5.41) is 3.65. The molecular formula is C18H33N3O. The van der Waals surface area contributed by atoms with Crippen molar-refractivity contribution in [3.8, 4) is 0 Å².